The van der Waals surface area contributed by atoms with Crippen LogP contribution in [-0.4, -0.2) is 12.6 Å². The van der Waals surface area contributed by atoms with Crippen molar-refractivity contribution >= 4 is 11.7 Å². The molecule has 2 N–H and O–H groups in total. The highest BCUT2D eigenvalue weighted by atomic mass is 16.2. The minimum Gasteiger partial charge on any atom is -0.338 e. The first-order valence-corrected chi connectivity index (χ1v) is 3.84. The summed E-state index contributed by atoms with van der Waals surface area (Å²) in [7, 11) is 0. The van der Waals surface area contributed by atoms with Crippen LogP contribution in [0.1, 0.15) is 6.92 Å². The molecule has 0 aliphatic heterocycles. The number of hydrogen-bond acceptors (Lipinski definition) is 1. The summed E-state index contributed by atoms with van der Waals surface area (Å²) in [5, 5.41) is 5.26. The smallest absolute Gasteiger partial charge is 0.319 e. The third kappa shape index (κ3) is 2.62. The highest BCUT2D eigenvalue weighted by Crippen LogP contribution is 2.02. The van der Waals surface area contributed by atoms with Gasteiger partial charge in [-0.2, -0.15) is 0 Å². The van der Waals surface area contributed by atoms with E-state index in [1.165, 1.54) is 0 Å². The molecule has 3 heteroatoms. The highest BCUT2D eigenvalue weighted by molar-refractivity contribution is 5.88. The predicted octanol–water partition coefficient (Wildman–Crippen LogP) is 1.63. The molecule has 0 aliphatic carbocycles. The third-order valence-electron chi connectivity index (χ3n) is 1.29. The molecule has 0 aromatic heterocycles. The van der Waals surface area contributed by atoms with Crippen LogP contribution in [0.3, 0.4) is 0 Å². The molecule has 1 aromatic carbocycles. The van der Waals surface area contributed by atoms with E-state index < -0.39 is 0 Å². The van der Waals surface area contributed by atoms with Gasteiger partial charge in [0.15, 0.2) is 0 Å². The van der Waals surface area contributed by atoms with Gasteiger partial charge in [0.2, 0.25) is 0 Å². The number of urea groups is 1. The maximum absolute atomic E-state index is 11.0. The Hall–Kier alpha value is -1.51. The molecule has 63 valence electrons. The molecule has 1 rings (SSSR count). The number of carbonyl (C=O) groups excluding carboxylic acids is 1. The van der Waals surface area contributed by atoms with Gasteiger partial charge in [-0.1, -0.05) is 18.2 Å². The fourth-order valence-corrected chi connectivity index (χ4v) is 0.798. The van der Waals surface area contributed by atoms with Crippen molar-refractivity contribution in [3.8, 4) is 0 Å². The van der Waals surface area contributed by atoms with Crippen LogP contribution < -0.4 is 10.6 Å². The number of amides is 2. The van der Waals surface area contributed by atoms with E-state index in [0.29, 0.717) is 12.2 Å². The maximum atomic E-state index is 11.0. The number of rotatable bonds is 2. The highest BCUT2D eigenvalue weighted by Gasteiger charge is 1.96. The van der Waals surface area contributed by atoms with Gasteiger partial charge in [-0.15, -0.1) is 0 Å². The summed E-state index contributed by atoms with van der Waals surface area (Å²) in [5.74, 6) is 0. The topological polar surface area (TPSA) is 41.1 Å². The molecule has 0 spiro atoms. The van der Waals surface area contributed by atoms with E-state index in [9.17, 15) is 4.79 Å². The van der Waals surface area contributed by atoms with Crippen LogP contribution >= 0.6 is 0 Å². The molecule has 0 unspecified atom stereocenters. The molecule has 0 bridgehead atoms. The first-order chi connectivity index (χ1) is 5.83. The van der Waals surface area contributed by atoms with Gasteiger partial charge in [0.25, 0.3) is 0 Å². The second kappa shape index (κ2) is 4.38. The zero-order chi connectivity index (χ0) is 8.81. The summed E-state index contributed by atoms with van der Waals surface area (Å²) < 4.78 is 0. The molecule has 2 amide bonds. The Bertz CT molecular complexity index is 246. The maximum Gasteiger partial charge on any atom is 0.319 e. The predicted molar refractivity (Wildman–Crippen MR) is 48.0 cm³/mol. The number of nitrogens with one attached hydrogen (secondary N) is 2. The van der Waals surface area contributed by atoms with Gasteiger partial charge < -0.3 is 10.6 Å². The Morgan fingerprint density at radius 2 is 2.42 bits per heavy atom. The van der Waals surface area contributed by atoms with Crippen LogP contribution in [-0.2, 0) is 0 Å². The molecular formula is C9H11N2O. The molecule has 12 heavy (non-hydrogen) atoms. The Balaban J connectivity index is 2.47. The van der Waals surface area contributed by atoms with Gasteiger partial charge in [-0.05, 0) is 13.0 Å². The van der Waals surface area contributed by atoms with E-state index in [2.05, 4.69) is 16.7 Å². The fraction of sp³-hybridized carbons (Fsp3) is 0.222. The second-order valence-electron chi connectivity index (χ2n) is 2.26. The molecule has 1 radical (unpaired) electrons. The zero-order valence-electron chi connectivity index (χ0n) is 6.92. The SMILES string of the molecule is CCNC(=O)Nc1[c]cccc1. The van der Waals surface area contributed by atoms with Gasteiger partial charge in [0, 0.05) is 12.6 Å². The van der Waals surface area contributed by atoms with Crippen molar-refractivity contribution < 1.29 is 4.79 Å². The van der Waals surface area contributed by atoms with E-state index in [1.54, 1.807) is 12.1 Å². The summed E-state index contributed by atoms with van der Waals surface area (Å²) in [6.07, 6.45) is 0. The van der Waals surface area contributed by atoms with Gasteiger partial charge in [0.05, 0.1) is 5.69 Å². The Morgan fingerprint density at radius 1 is 1.58 bits per heavy atom. The Labute approximate surface area is 71.8 Å². The monoisotopic (exact) mass is 163 g/mol. The molecule has 0 heterocycles. The summed E-state index contributed by atoms with van der Waals surface area (Å²) >= 11 is 0. The number of hydrogen-bond donors (Lipinski definition) is 2. The number of benzene rings is 1. The summed E-state index contributed by atoms with van der Waals surface area (Å²) in [6.45, 7) is 2.49. The van der Waals surface area contributed by atoms with E-state index in [0.717, 1.165) is 0 Å². The average molecular weight is 163 g/mol. The van der Waals surface area contributed by atoms with Crippen LogP contribution in [0, 0.1) is 6.07 Å². The number of para-hydroxylation sites is 1. The normalized spacial score (nSPS) is 9.08. The lowest BCUT2D eigenvalue weighted by molar-refractivity contribution is 0.252. The third-order valence-corrected chi connectivity index (χ3v) is 1.29. The minimum absolute atomic E-state index is 0.194. The van der Waals surface area contributed by atoms with Crippen molar-refractivity contribution in [3.05, 3.63) is 30.3 Å². The lowest BCUT2D eigenvalue weighted by Crippen LogP contribution is -2.28. The molecule has 0 aliphatic rings. The molecule has 0 saturated heterocycles. The van der Waals surface area contributed by atoms with Gasteiger partial charge >= 0.3 is 6.03 Å². The molecule has 0 atom stereocenters. The molecular weight excluding hydrogens is 152 g/mol. The summed E-state index contributed by atoms with van der Waals surface area (Å²) in [4.78, 5) is 11.0. The minimum atomic E-state index is -0.194. The van der Waals surface area contributed by atoms with Crippen LogP contribution in [0.2, 0.25) is 0 Å². The van der Waals surface area contributed by atoms with E-state index in [1.807, 2.05) is 19.1 Å². The summed E-state index contributed by atoms with van der Waals surface area (Å²) in [6, 6.07) is 9.93. The Kier molecular flexibility index (Phi) is 3.14. The molecule has 0 fully saturated rings. The lowest BCUT2D eigenvalue weighted by atomic mass is 10.3. The van der Waals surface area contributed by atoms with E-state index in [4.69, 9.17) is 0 Å². The lowest BCUT2D eigenvalue weighted by Gasteiger charge is -2.03. The standard InChI is InChI=1S/C9H11N2O/c1-2-10-9(12)11-8-6-4-3-5-7-8/h3-6H,2H2,1H3,(H2,10,11,12). The Morgan fingerprint density at radius 3 is 3.00 bits per heavy atom. The van der Waals surface area contributed by atoms with Gasteiger partial charge in [0.1, 0.15) is 0 Å². The summed E-state index contributed by atoms with van der Waals surface area (Å²) in [5.41, 5.74) is 0.684. The quantitative estimate of drug-likeness (QED) is 0.683. The number of anilines is 1. The first kappa shape index (κ1) is 8.59. The van der Waals surface area contributed by atoms with Crippen molar-refractivity contribution in [2.24, 2.45) is 0 Å². The van der Waals surface area contributed by atoms with Crippen molar-refractivity contribution in [1.82, 2.24) is 5.32 Å². The fourth-order valence-electron chi connectivity index (χ4n) is 0.798. The van der Waals surface area contributed by atoms with Gasteiger partial charge in [-0.3, -0.25) is 0 Å². The number of carbonyl (C=O) groups is 1. The van der Waals surface area contributed by atoms with Crippen LogP contribution in [0.25, 0.3) is 0 Å². The zero-order valence-corrected chi connectivity index (χ0v) is 6.92. The first-order valence-electron chi connectivity index (χ1n) is 3.84. The second-order valence-corrected chi connectivity index (χ2v) is 2.26. The molecule has 1 aromatic rings. The molecule has 3 nitrogen and oxygen atoms in total. The van der Waals surface area contributed by atoms with E-state index in [-0.39, 0.29) is 6.03 Å². The van der Waals surface area contributed by atoms with Crippen molar-refractivity contribution in [1.29, 1.82) is 0 Å². The molecule has 0 saturated carbocycles. The van der Waals surface area contributed by atoms with Crippen molar-refractivity contribution in [2.45, 2.75) is 6.92 Å². The van der Waals surface area contributed by atoms with Crippen molar-refractivity contribution in [2.75, 3.05) is 11.9 Å². The van der Waals surface area contributed by atoms with Gasteiger partial charge in [-0.25, -0.2) is 4.79 Å². The van der Waals surface area contributed by atoms with Crippen LogP contribution in [0.15, 0.2) is 24.3 Å². The average Bonchev–Trinajstić information content (AvgIpc) is 2.06. The van der Waals surface area contributed by atoms with Crippen LogP contribution in [0.5, 0.6) is 0 Å². The van der Waals surface area contributed by atoms with Crippen LogP contribution in [0.4, 0.5) is 10.5 Å². The van der Waals surface area contributed by atoms with E-state index >= 15 is 0 Å². The van der Waals surface area contributed by atoms with Crippen molar-refractivity contribution in [3.63, 3.8) is 0 Å². The largest absolute Gasteiger partial charge is 0.338 e.